The van der Waals surface area contributed by atoms with Gasteiger partial charge in [-0.2, -0.15) is 0 Å². The van der Waals surface area contributed by atoms with Gasteiger partial charge in [-0.15, -0.1) is 0 Å². The van der Waals surface area contributed by atoms with Crippen molar-refractivity contribution in [1.29, 1.82) is 0 Å². The van der Waals surface area contributed by atoms with Crippen molar-refractivity contribution in [2.45, 2.75) is 85.4 Å². The molecule has 4 nitrogen and oxygen atoms in total. The average molecular weight is 439 g/mol. The lowest BCUT2D eigenvalue weighted by Crippen LogP contribution is -2.34. The number of carbonyl (C=O) groups is 2. The quantitative estimate of drug-likeness (QED) is 0.342. The van der Waals surface area contributed by atoms with E-state index in [1.54, 1.807) is 12.1 Å². The van der Waals surface area contributed by atoms with Gasteiger partial charge in [0.15, 0.2) is 0 Å². The van der Waals surface area contributed by atoms with E-state index in [4.69, 9.17) is 9.47 Å². The highest BCUT2D eigenvalue weighted by molar-refractivity contribution is 5.90. The highest BCUT2D eigenvalue weighted by atomic mass is 16.6. The van der Waals surface area contributed by atoms with Crippen molar-refractivity contribution in [3.63, 3.8) is 0 Å². The first-order valence-corrected chi connectivity index (χ1v) is 12.0. The van der Waals surface area contributed by atoms with Crippen molar-refractivity contribution in [2.24, 2.45) is 5.92 Å². The number of aryl methyl sites for hydroxylation is 2. The van der Waals surface area contributed by atoms with Crippen LogP contribution in [0.5, 0.6) is 0 Å². The van der Waals surface area contributed by atoms with Gasteiger partial charge in [-0.1, -0.05) is 71.2 Å². The van der Waals surface area contributed by atoms with Gasteiger partial charge in [0.05, 0.1) is 11.1 Å². The molecule has 3 atom stereocenters. The lowest BCUT2D eigenvalue weighted by molar-refractivity contribution is -0.0253. The molecule has 0 saturated heterocycles. The highest BCUT2D eigenvalue weighted by Crippen LogP contribution is 2.22. The van der Waals surface area contributed by atoms with Crippen LogP contribution in [0.3, 0.4) is 0 Å². The molecular formula is C28H38O4. The smallest absolute Gasteiger partial charge is 0.338 e. The van der Waals surface area contributed by atoms with Crippen molar-refractivity contribution in [2.75, 3.05) is 0 Å². The third-order valence-corrected chi connectivity index (χ3v) is 5.85. The molecule has 2 rings (SSSR count). The molecule has 0 N–H and O–H groups in total. The summed E-state index contributed by atoms with van der Waals surface area (Å²) in [6.07, 6.45) is 4.80. The Morgan fingerprint density at radius 2 is 1.25 bits per heavy atom. The minimum Gasteiger partial charge on any atom is -0.459 e. The fourth-order valence-corrected chi connectivity index (χ4v) is 3.85. The minimum atomic E-state index is -0.381. The zero-order valence-corrected chi connectivity index (χ0v) is 20.2. The van der Waals surface area contributed by atoms with Crippen LogP contribution in [0.15, 0.2) is 48.5 Å². The van der Waals surface area contributed by atoms with Crippen LogP contribution in [0.2, 0.25) is 0 Å². The summed E-state index contributed by atoms with van der Waals surface area (Å²) in [6.45, 7) is 10.1. The molecule has 0 aliphatic carbocycles. The predicted molar refractivity (Wildman–Crippen MR) is 129 cm³/mol. The van der Waals surface area contributed by atoms with E-state index in [0.29, 0.717) is 11.1 Å². The standard InChI is InChI=1S/C28H38O4/c1-6-11-22-14-9-16-24(18-22)27(29)31-21(5)20(4)26(13-8-3)32-28(30)25-17-10-15-23(19-25)12-7-2/h9-10,14-21,26H,6-8,11-13H2,1-5H3. The van der Waals surface area contributed by atoms with Gasteiger partial charge < -0.3 is 9.47 Å². The Morgan fingerprint density at radius 1 is 0.750 bits per heavy atom. The summed E-state index contributed by atoms with van der Waals surface area (Å²) >= 11 is 0. The van der Waals surface area contributed by atoms with Gasteiger partial charge >= 0.3 is 11.9 Å². The van der Waals surface area contributed by atoms with Crippen molar-refractivity contribution in [1.82, 2.24) is 0 Å². The zero-order chi connectivity index (χ0) is 23.5. The highest BCUT2D eigenvalue weighted by Gasteiger charge is 2.29. The first-order valence-electron chi connectivity index (χ1n) is 12.0. The second-order valence-electron chi connectivity index (χ2n) is 8.60. The number of rotatable bonds is 12. The maximum absolute atomic E-state index is 12.8. The van der Waals surface area contributed by atoms with Gasteiger partial charge in [-0.3, -0.25) is 0 Å². The molecule has 174 valence electrons. The van der Waals surface area contributed by atoms with Gasteiger partial charge in [0, 0.05) is 5.92 Å². The Labute approximate surface area is 193 Å². The molecule has 0 bridgehead atoms. The van der Waals surface area contributed by atoms with Crippen LogP contribution in [-0.4, -0.2) is 24.1 Å². The van der Waals surface area contributed by atoms with E-state index in [-0.39, 0.29) is 30.1 Å². The number of esters is 2. The maximum Gasteiger partial charge on any atom is 0.338 e. The van der Waals surface area contributed by atoms with Crippen LogP contribution in [0.25, 0.3) is 0 Å². The number of ether oxygens (including phenoxy) is 2. The normalized spacial score (nSPS) is 13.8. The Balaban J connectivity index is 2.05. The summed E-state index contributed by atoms with van der Waals surface area (Å²) in [4.78, 5) is 25.5. The molecule has 0 spiro atoms. The fourth-order valence-electron chi connectivity index (χ4n) is 3.85. The third kappa shape index (κ3) is 7.51. The molecule has 3 unspecified atom stereocenters. The molecule has 0 aliphatic heterocycles. The molecule has 4 heteroatoms. The molecule has 0 aliphatic rings. The maximum atomic E-state index is 12.8. The van der Waals surface area contributed by atoms with Gasteiger partial charge in [-0.05, 0) is 61.6 Å². The van der Waals surface area contributed by atoms with Gasteiger partial charge in [0.25, 0.3) is 0 Å². The predicted octanol–water partition coefficient (Wildman–Crippen LogP) is 6.80. The average Bonchev–Trinajstić information content (AvgIpc) is 2.79. The van der Waals surface area contributed by atoms with Crippen molar-refractivity contribution in [3.8, 4) is 0 Å². The topological polar surface area (TPSA) is 52.6 Å². The van der Waals surface area contributed by atoms with E-state index < -0.39 is 0 Å². The Morgan fingerprint density at radius 3 is 1.72 bits per heavy atom. The van der Waals surface area contributed by atoms with Crippen LogP contribution >= 0.6 is 0 Å². The lowest BCUT2D eigenvalue weighted by atomic mass is 9.95. The van der Waals surface area contributed by atoms with Crippen molar-refractivity contribution >= 4 is 11.9 Å². The van der Waals surface area contributed by atoms with E-state index in [1.807, 2.05) is 50.2 Å². The monoisotopic (exact) mass is 438 g/mol. The summed E-state index contributed by atoms with van der Waals surface area (Å²) < 4.78 is 11.7. The molecule has 32 heavy (non-hydrogen) atoms. The molecule has 0 saturated carbocycles. The number of carbonyl (C=O) groups excluding carboxylic acids is 2. The van der Waals surface area contributed by atoms with Crippen LogP contribution in [0.4, 0.5) is 0 Å². The van der Waals surface area contributed by atoms with Gasteiger partial charge in [0.2, 0.25) is 0 Å². The summed E-state index contributed by atoms with van der Waals surface area (Å²) in [5.74, 6) is -0.782. The lowest BCUT2D eigenvalue weighted by Gasteiger charge is -2.28. The largest absolute Gasteiger partial charge is 0.459 e. The summed E-state index contributed by atoms with van der Waals surface area (Å²) in [5.41, 5.74) is 3.40. The fraction of sp³-hybridized carbons (Fsp3) is 0.500. The van der Waals surface area contributed by atoms with Crippen molar-refractivity contribution < 1.29 is 19.1 Å². The SMILES string of the molecule is CCCc1cccc(C(=O)OC(C)C(C)C(CCC)OC(=O)c2cccc(CCC)c2)c1. The molecule has 0 fully saturated rings. The summed E-state index contributed by atoms with van der Waals surface area (Å²) in [5, 5.41) is 0. The van der Waals surface area contributed by atoms with E-state index >= 15 is 0 Å². The third-order valence-electron chi connectivity index (χ3n) is 5.85. The van der Waals surface area contributed by atoms with E-state index in [2.05, 4.69) is 20.8 Å². The summed E-state index contributed by atoms with van der Waals surface area (Å²) in [6, 6.07) is 15.2. The molecule has 0 radical (unpaired) electrons. The van der Waals surface area contributed by atoms with E-state index in [0.717, 1.165) is 49.7 Å². The Kier molecular flexibility index (Phi) is 10.5. The van der Waals surface area contributed by atoms with Crippen LogP contribution in [-0.2, 0) is 22.3 Å². The molecule has 0 aromatic heterocycles. The molecule has 0 amide bonds. The number of hydrogen-bond donors (Lipinski definition) is 0. The zero-order valence-electron chi connectivity index (χ0n) is 20.2. The van der Waals surface area contributed by atoms with Crippen LogP contribution < -0.4 is 0 Å². The summed E-state index contributed by atoms with van der Waals surface area (Å²) in [7, 11) is 0. The van der Waals surface area contributed by atoms with E-state index in [1.165, 1.54) is 0 Å². The van der Waals surface area contributed by atoms with E-state index in [9.17, 15) is 9.59 Å². The van der Waals surface area contributed by atoms with Crippen LogP contribution in [0.1, 0.15) is 92.1 Å². The second-order valence-corrected chi connectivity index (χ2v) is 8.60. The van der Waals surface area contributed by atoms with Crippen molar-refractivity contribution in [3.05, 3.63) is 70.8 Å². The minimum absolute atomic E-state index is 0.125. The molecular weight excluding hydrogens is 400 g/mol. The van der Waals surface area contributed by atoms with Gasteiger partial charge in [-0.25, -0.2) is 9.59 Å². The Bertz CT molecular complexity index is 873. The first-order chi connectivity index (χ1) is 15.4. The van der Waals surface area contributed by atoms with Crippen LogP contribution in [0, 0.1) is 5.92 Å². The molecule has 0 heterocycles. The second kappa shape index (κ2) is 13.0. The Hall–Kier alpha value is -2.62. The van der Waals surface area contributed by atoms with Gasteiger partial charge in [0.1, 0.15) is 12.2 Å². The number of hydrogen-bond acceptors (Lipinski definition) is 4. The molecule has 2 aromatic rings. The number of benzene rings is 2. The molecule has 2 aromatic carbocycles. The first kappa shape index (κ1) is 25.6.